The second-order valence-electron chi connectivity index (χ2n) is 4.98. The van der Waals surface area contributed by atoms with Crippen LogP contribution < -0.4 is 0 Å². The van der Waals surface area contributed by atoms with Crippen LogP contribution in [0.25, 0.3) is 0 Å². The number of hydrogen-bond donors (Lipinski definition) is 1. The lowest BCUT2D eigenvalue weighted by molar-refractivity contribution is 0.0265. The van der Waals surface area contributed by atoms with Gasteiger partial charge in [-0.05, 0) is 31.7 Å². The molecule has 1 saturated carbocycles. The number of carbonyl (C=O) groups is 1. The smallest absolute Gasteiger partial charge is 0.256 e. The minimum absolute atomic E-state index is 0.117. The first-order valence-electron chi connectivity index (χ1n) is 6.03. The predicted molar refractivity (Wildman–Crippen MR) is 69.7 cm³/mol. The SMILES string of the molecule is Cc1cc(Cl)c(C(=O)N(C)CC2CC(O)C2)cn1. The van der Waals surface area contributed by atoms with Gasteiger partial charge in [-0.25, -0.2) is 0 Å². The summed E-state index contributed by atoms with van der Waals surface area (Å²) in [6.07, 6.45) is 2.88. The summed E-state index contributed by atoms with van der Waals surface area (Å²) in [5.74, 6) is 0.278. The fourth-order valence-corrected chi connectivity index (χ4v) is 2.50. The molecule has 1 fully saturated rings. The van der Waals surface area contributed by atoms with Crippen LogP contribution in [0.15, 0.2) is 12.3 Å². The highest BCUT2D eigenvalue weighted by atomic mass is 35.5. The van der Waals surface area contributed by atoms with Crippen LogP contribution in [0, 0.1) is 12.8 Å². The fraction of sp³-hybridized carbons (Fsp3) is 0.538. The number of rotatable bonds is 3. The molecule has 1 aliphatic carbocycles. The van der Waals surface area contributed by atoms with Crippen molar-refractivity contribution in [1.82, 2.24) is 9.88 Å². The summed E-state index contributed by atoms with van der Waals surface area (Å²) in [5, 5.41) is 9.66. The van der Waals surface area contributed by atoms with Gasteiger partial charge in [-0.15, -0.1) is 0 Å². The Balaban J connectivity index is 2.01. The number of aliphatic hydroxyl groups excluding tert-OH is 1. The number of pyridine rings is 1. The number of aromatic nitrogens is 1. The van der Waals surface area contributed by atoms with Gasteiger partial charge in [0.05, 0.1) is 16.7 Å². The highest BCUT2D eigenvalue weighted by Gasteiger charge is 2.29. The van der Waals surface area contributed by atoms with Crippen LogP contribution in [0.3, 0.4) is 0 Å². The number of nitrogens with zero attached hydrogens (tertiary/aromatic N) is 2. The largest absolute Gasteiger partial charge is 0.393 e. The molecule has 1 aromatic rings. The summed E-state index contributed by atoms with van der Waals surface area (Å²) in [7, 11) is 1.75. The molecule has 0 atom stereocenters. The van der Waals surface area contributed by atoms with Crippen molar-refractivity contribution < 1.29 is 9.90 Å². The van der Waals surface area contributed by atoms with E-state index in [0.717, 1.165) is 18.5 Å². The summed E-state index contributed by atoms with van der Waals surface area (Å²) in [4.78, 5) is 17.9. The van der Waals surface area contributed by atoms with Gasteiger partial charge in [-0.2, -0.15) is 0 Å². The molecule has 18 heavy (non-hydrogen) atoms. The van der Waals surface area contributed by atoms with Crippen LogP contribution in [-0.4, -0.2) is 40.6 Å². The van der Waals surface area contributed by atoms with Crippen LogP contribution in [0.1, 0.15) is 28.9 Å². The first-order chi connectivity index (χ1) is 8.47. The predicted octanol–water partition coefficient (Wildman–Crippen LogP) is 1.89. The molecule has 1 aliphatic rings. The van der Waals surface area contributed by atoms with E-state index in [1.54, 1.807) is 18.0 Å². The number of aryl methyl sites for hydroxylation is 1. The van der Waals surface area contributed by atoms with Crippen LogP contribution in [0.5, 0.6) is 0 Å². The van der Waals surface area contributed by atoms with Gasteiger partial charge in [0.1, 0.15) is 0 Å². The molecule has 0 aliphatic heterocycles. The Morgan fingerprint density at radius 3 is 2.83 bits per heavy atom. The Bertz CT molecular complexity index is 458. The van der Waals surface area contributed by atoms with Crippen molar-refractivity contribution in [2.45, 2.75) is 25.9 Å². The molecule has 4 nitrogen and oxygen atoms in total. The third-order valence-corrected chi connectivity index (χ3v) is 3.62. The van der Waals surface area contributed by atoms with Crippen molar-refractivity contribution in [2.24, 2.45) is 5.92 Å². The quantitative estimate of drug-likeness (QED) is 0.911. The van der Waals surface area contributed by atoms with E-state index < -0.39 is 0 Å². The van der Waals surface area contributed by atoms with E-state index in [1.165, 1.54) is 6.20 Å². The molecule has 0 spiro atoms. The molecule has 98 valence electrons. The topological polar surface area (TPSA) is 53.4 Å². The van der Waals surface area contributed by atoms with E-state index >= 15 is 0 Å². The van der Waals surface area contributed by atoms with Crippen molar-refractivity contribution in [3.63, 3.8) is 0 Å². The number of halogens is 1. The fourth-order valence-electron chi connectivity index (χ4n) is 2.21. The maximum absolute atomic E-state index is 12.2. The van der Waals surface area contributed by atoms with Crippen molar-refractivity contribution in [2.75, 3.05) is 13.6 Å². The first kappa shape index (κ1) is 13.3. The van der Waals surface area contributed by atoms with Gasteiger partial charge in [0.2, 0.25) is 0 Å². The van der Waals surface area contributed by atoms with E-state index in [9.17, 15) is 9.90 Å². The molecule has 1 heterocycles. The van der Waals surface area contributed by atoms with E-state index in [4.69, 9.17) is 11.6 Å². The molecular formula is C13H17ClN2O2. The van der Waals surface area contributed by atoms with Gasteiger partial charge in [-0.3, -0.25) is 9.78 Å². The number of amides is 1. The number of hydrogen-bond acceptors (Lipinski definition) is 3. The monoisotopic (exact) mass is 268 g/mol. The second-order valence-corrected chi connectivity index (χ2v) is 5.39. The van der Waals surface area contributed by atoms with Crippen molar-refractivity contribution >= 4 is 17.5 Å². The molecule has 1 aromatic heterocycles. The molecular weight excluding hydrogens is 252 g/mol. The zero-order valence-electron chi connectivity index (χ0n) is 10.6. The molecule has 0 bridgehead atoms. The van der Waals surface area contributed by atoms with Crippen LogP contribution >= 0.6 is 11.6 Å². The highest BCUT2D eigenvalue weighted by Crippen LogP contribution is 2.28. The summed E-state index contributed by atoms with van der Waals surface area (Å²) < 4.78 is 0. The molecule has 0 saturated heterocycles. The van der Waals surface area contributed by atoms with Crippen molar-refractivity contribution in [1.29, 1.82) is 0 Å². The Morgan fingerprint density at radius 1 is 1.61 bits per heavy atom. The van der Waals surface area contributed by atoms with Crippen LogP contribution in [-0.2, 0) is 0 Å². The third kappa shape index (κ3) is 2.82. The van der Waals surface area contributed by atoms with Crippen molar-refractivity contribution in [3.8, 4) is 0 Å². The number of carbonyl (C=O) groups excluding carboxylic acids is 1. The molecule has 1 amide bonds. The number of aliphatic hydroxyl groups is 1. The minimum atomic E-state index is -0.192. The molecule has 1 N–H and O–H groups in total. The zero-order chi connectivity index (χ0) is 13.3. The van der Waals surface area contributed by atoms with E-state index in [2.05, 4.69) is 4.98 Å². The second kappa shape index (κ2) is 5.24. The Morgan fingerprint density at radius 2 is 2.28 bits per heavy atom. The normalized spacial score (nSPS) is 22.4. The minimum Gasteiger partial charge on any atom is -0.393 e. The third-order valence-electron chi connectivity index (χ3n) is 3.31. The summed E-state index contributed by atoms with van der Waals surface area (Å²) in [6, 6.07) is 1.69. The van der Waals surface area contributed by atoms with Gasteiger partial charge in [-0.1, -0.05) is 11.6 Å². The van der Waals surface area contributed by atoms with Crippen LogP contribution in [0.2, 0.25) is 5.02 Å². The Kier molecular flexibility index (Phi) is 3.88. The molecule has 2 rings (SSSR count). The lowest BCUT2D eigenvalue weighted by Crippen LogP contribution is -2.39. The summed E-state index contributed by atoms with van der Waals surface area (Å²) in [5.41, 5.74) is 1.23. The molecule has 0 unspecified atom stereocenters. The van der Waals surface area contributed by atoms with E-state index in [0.29, 0.717) is 23.0 Å². The Labute approximate surface area is 112 Å². The maximum Gasteiger partial charge on any atom is 0.256 e. The zero-order valence-corrected chi connectivity index (χ0v) is 11.3. The highest BCUT2D eigenvalue weighted by molar-refractivity contribution is 6.33. The van der Waals surface area contributed by atoms with E-state index in [-0.39, 0.29) is 12.0 Å². The van der Waals surface area contributed by atoms with Gasteiger partial charge in [0.15, 0.2) is 0 Å². The average Bonchev–Trinajstić information content (AvgIpc) is 2.26. The van der Waals surface area contributed by atoms with Gasteiger partial charge >= 0.3 is 0 Å². The van der Waals surface area contributed by atoms with Crippen molar-refractivity contribution in [3.05, 3.63) is 28.5 Å². The van der Waals surface area contributed by atoms with Crippen LogP contribution in [0.4, 0.5) is 0 Å². The molecule has 5 heteroatoms. The maximum atomic E-state index is 12.2. The summed E-state index contributed by atoms with van der Waals surface area (Å²) in [6.45, 7) is 2.49. The average molecular weight is 269 g/mol. The lowest BCUT2D eigenvalue weighted by atomic mass is 9.82. The molecule has 0 radical (unpaired) electrons. The standard InChI is InChI=1S/C13H17ClN2O2/c1-8-3-12(14)11(6-15-8)13(18)16(2)7-9-4-10(17)5-9/h3,6,9-10,17H,4-5,7H2,1-2H3. The van der Waals surface area contributed by atoms with Gasteiger partial charge in [0.25, 0.3) is 5.91 Å². The van der Waals surface area contributed by atoms with Gasteiger partial charge < -0.3 is 10.0 Å². The summed E-state index contributed by atoms with van der Waals surface area (Å²) >= 11 is 6.05. The lowest BCUT2D eigenvalue weighted by Gasteiger charge is -2.34. The molecule has 0 aromatic carbocycles. The Hall–Kier alpha value is -1.13. The first-order valence-corrected chi connectivity index (χ1v) is 6.41. The van der Waals surface area contributed by atoms with Gasteiger partial charge in [0, 0.05) is 25.5 Å². The van der Waals surface area contributed by atoms with E-state index in [1.807, 2.05) is 6.92 Å².